The second-order valence-electron chi connectivity index (χ2n) is 4.17. The van der Waals surface area contributed by atoms with Gasteiger partial charge < -0.3 is 14.7 Å². The second kappa shape index (κ2) is 4.11. The van der Waals surface area contributed by atoms with E-state index in [1.807, 2.05) is 6.92 Å². The number of benzene rings is 1. The first-order valence-electron chi connectivity index (χ1n) is 5.59. The van der Waals surface area contributed by atoms with Gasteiger partial charge in [-0.1, -0.05) is 0 Å². The Morgan fingerprint density at radius 1 is 1.37 bits per heavy atom. The van der Waals surface area contributed by atoms with Gasteiger partial charge in [0.05, 0.1) is 5.52 Å². The van der Waals surface area contributed by atoms with Crippen LogP contribution in [0.15, 0.2) is 29.1 Å². The van der Waals surface area contributed by atoms with Gasteiger partial charge >= 0.3 is 13.0 Å². The van der Waals surface area contributed by atoms with Gasteiger partial charge in [-0.25, -0.2) is 14.3 Å². The third-order valence-electron chi connectivity index (χ3n) is 2.92. The van der Waals surface area contributed by atoms with Crippen LogP contribution in [0.25, 0.3) is 16.6 Å². The van der Waals surface area contributed by atoms with E-state index in [1.54, 1.807) is 24.3 Å². The fraction of sp³-hybridized carbons (Fsp3) is 0.0909. The molecule has 7 nitrogen and oxygen atoms in total. The van der Waals surface area contributed by atoms with Gasteiger partial charge in [0.15, 0.2) is 5.65 Å². The molecule has 3 N–H and O–H groups in total. The van der Waals surface area contributed by atoms with Crippen LogP contribution < -0.4 is 10.3 Å². The Balaban J connectivity index is 2.38. The molecule has 0 amide bonds. The van der Waals surface area contributed by atoms with Crippen LogP contribution >= 0.6 is 0 Å². The van der Waals surface area contributed by atoms with E-state index in [2.05, 4.69) is 10.2 Å². The SMILES string of the molecule is Cc1cc2n[nH]c(=O)n2c2cc(OB(O)O)ccc12. The zero-order chi connectivity index (χ0) is 13.6. The summed E-state index contributed by atoms with van der Waals surface area (Å²) in [6, 6.07) is 6.71. The standard InChI is InChI=1S/C11H10BN3O4/c1-6-4-10-13-14-11(16)15(10)9-5-7(19-12(17)18)2-3-8(6)9/h2-5,17-18H,1H3,(H,14,16). The summed E-state index contributed by atoms with van der Waals surface area (Å²) in [5, 5.41) is 24.8. The Morgan fingerprint density at radius 3 is 2.89 bits per heavy atom. The number of rotatable bonds is 2. The average molecular weight is 259 g/mol. The predicted molar refractivity (Wildman–Crippen MR) is 68.9 cm³/mol. The molecule has 0 aliphatic carbocycles. The van der Waals surface area contributed by atoms with Crippen LogP contribution in [0.5, 0.6) is 5.75 Å². The molecule has 0 fully saturated rings. The van der Waals surface area contributed by atoms with Crippen molar-refractivity contribution in [3.8, 4) is 5.75 Å². The van der Waals surface area contributed by atoms with Gasteiger partial charge in [0.1, 0.15) is 5.75 Å². The van der Waals surface area contributed by atoms with Crippen LogP contribution in [0.3, 0.4) is 0 Å². The van der Waals surface area contributed by atoms with Crippen molar-refractivity contribution in [3.63, 3.8) is 0 Å². The molecule has 3 rings (SSSR count). The third kappa shape index (κ3) is 1.87. The molecular weight excluding hydrogens is 249 g/mol. The molecule has 0 saturated carbocycles. The Bertz CT molecular complexity index is 824. The molecule has 0 bridgehead atoms. The van der Waals surface area contributed by atoms with Gasteiger partial charge in [0.2, 0.25) is 0 Å². The number of pyridine rings is 1. The molecule has 0 atom stereocenters. The van der Waals surface area contributed by atoms with Crippen molar-refractivity contribution in [1.29, 1.82) is 0 Å². The molecular formula is C11H10BN3O4. The van der Waals surface area contributed by atoms with Crippen molar-refractivity contribution >= 4 is 23.9 Å². The molecule has 8 heteroatoms. The lowest BCUT2D eigenvalue weighted by atomic mass is 10.1. The number of hydrogen-bond acceptors (Lipinski definition) is 5. The van der Waals surface area contributed by atoms with Crippen molar-refractivity contribution in [2.24, 2.45) is 0 Å². The summed E-state index contributed by atoms with van der Waals surface area (Å²) in [5.41, 5.74) is 1.68. The van der Waals surface area contributed by atoms with Crippen molar-refractivity contribution < 1.29 is 14.7 Å². The van der Waals surface area contributed by atoms with Crippen LogP contribution in [-0.2, 0) is 0 Å². The largest absolute Gasteiger partial charge is 0.707 e. The van der Waals surface area contributed by atoms with Crippen LogP contribution in [-0.4, -0.2) is 32.0 Å². The van der Waals surface area contributed by atoms with Gasteiger partial charge in [-0.15, -0.1) is 0 Å². The highest BCUT2D eigenvalue weighted by molar-refractivity contribution is 6.33. The fourth-order valence-corrected chi connectivity index (χ4v) is 2.14. The van der Waals surface area contributed by atoms with Crippen LogP contribution in [0.4, 0.5) is 0 Å². The van der Waals surface area contributed by atoms with Crippen LogP contribution in [0, 0.1) is 6.92 Å². The maximum Gasteiger partial charge on any atom is 0.707 e. The van der Waals surface area contributed by atoms with E-state index in [-0.39, 0.29) is 11.4 Å². The molecule has 3 aromatic rings. The van der Waals surface area contributed by atoms with Gasteiger partial charge in [0, 0.05) is 11.5 Å². The molecule has 0 radical (unpaired) electrons. The molecule has 1 aromatic carbocycles. The van der Waals surface area contributed by atoms with E-state index in [0.29, 0.717) is 11.2 Å². The predicted octanol–water partition coefficient (Wildman–Crippen LogP) is -0.167. The number of H-pyrrole nitrogens is 1. The lowest BCUT2D eigenvalue weighted by Gasteiger charge is -2.08. The molecule has 2 heterocycles. The summed E-state index contributed by atoms with van der Waals surface area (Å²) in [4.78, 5) is 11.7. The fourth-order valence-electron chi connectivity index (χ4n) is 2.14. The Morgan fingerprint density at radius 2 is 2.16 bits per heavy atom. The first-order chi connectivity index (χ1) is 9.06. The zero-order valence-corrected chi connectivity index (χ0v) is 9.99. The van der Waals surface area contributed by atoms with Crippen molar-refractivity contribution in [1.82, 2.24) is 14.6 Å². The van der Waals surface area contributed by atoms with Crippen molar-refractivity contribution in [2.45, 2.75) is 6.92 Å². The van der Waals surface area contributed by atoms with E-state index in [1.165, 1.54) is 4.40 Å². The minimum Gasteiger partial charge on any atom is -0.512 e. The summed E-state index contributed by atoms with van der Waals surface area (Å²) in [6.45, 7) is 1.91. The second-order valence-corrected chi connectivity index (χ2v) is 4.17. The number of aromatic amines is 1. The Hall–Kier alpha value is -2.32. The number of hydrogen-bond donors (Lipinski definition) is 3. The zero-order valence-electron chi connectivity index (χ0n) is 9.99. The van der Waals surface area contributed by atoms with E-state index < -0.39 is 7.32 Å². The normalized spacial score (nSPS) is 11.1. The summed E-state index contributed by atoms with van der Waals surface area (Å²) in [6.07, 6.45) is 0. The van der Waals surface area contributed by atoms with Gasteiger partial charge in [-0.05, 0) is 30.7 Å². The monoisotopic (exact) mass is 259 g/mol. The smallest absolute Gasteiger partial charge is 0.512 e. The van der Waals surface area contributed by atoms with Crippen LogP contribution in [0.1, 0.15) is 5.56 Å². The lowest BCUT2D eigenvalue weighted by molar-refractivity contribution is 0.288. The average Bonchev–Trinajstić information content (AvgIpc) is 2.70. The summed E-state index contributed by atoms with van der Waals surface area (Å²) < 4.78 is 6.19. The molecule has 0 unspecified atom stereocenters. The van der Waals surface area contributed by atoms with Crippen LogP contribution in [0.2, 0.25) is 0 Å². The number of nitrogens with one attached hydrogen (secondary N) is 1. The summed E-state index contributed by atoms with van der Waals surface area (Å²) in [7, 11) is -1.90. The Kier molecular flexibility index (Phi) is 2.54. The molecule has 0 saturated heterocycles. The van der Waals surface area contributed by atoms with E-state index >= 15 is 0 Å². The molecule has 0 spiro atoms. The molecule has 0 aliphatic heterocycles. The van der Waals surface area contributed by atoms with Gasteiger partial charge in [-0.3, -0.25) is 0 Å². The number of aromatic nitrogens is 3. The van der Waals surface area contributed by atoms with Crippen molar-refractivity contribution in [3.05, 3.63) is 40.3 Å². The minimum absolute atomic E-state index is 0.252. The Labute approximate surface area is 107 Å². The molecule has 96 valence electrons. The van der Waals surface area contributed by atoms with Gasteiger partial charge in [-0.2, -0.15) is 5.10 Å². The van der Waals surface area contributed by atoms with Crippen molar-refractivity contribution in [2.75, 3.05) is 0 Å². The van der Waals surface area contributed by atoms with E-state index in [4.69, 9.17) is 14.7 Å². The molecule has 0 aliphatic rings. The molecule has 2 aromatic heterocycles. The summed E-state index contributed by atoms with van der Waals surface area (Å²) >= 11 is 0. The molecule has 19 heavy (non-hydrogen) atoms. The summed E-state index contributed by atoms with van der Waals surface area (Å²) in [5.74, 6) is 0.252. The first-order valence-corrected chi connectivity index (χ1v) is 5.59. The maximum atomic E-state index is 11.7. The highest BCUT2D eigenvalue weighted by Crippen LogP contribution is 2.24. The minimum atomic E-state index is -1.90. The number of aryl methyl sites for hydroxylation is 1. The van der Waals surface area contributed by atoms with E-state index in [9.17, 15) is 4.79 Å². The maximum absolute atomic E-state index is 11.7. The topological polar surface area (TPSA) is 99.9 Å². The number of nitrogens with zero attached hydrogens (tertiary/aromatic N) is 2. The number of fused-ring (bicyclic) bond motifs is 3. The highest BCUT2D eigenvalue weighted by Gasteiger charge is 2.13. The quantitative estimate of drug-likeness (QED) is 0.555. The third-order valence-corrected chi connectivity index (χ3v) is 2.92. The lowest BCUT2D eigenvalue weighted by Crippen LogP contribution is -2.20. The highest BCUT2D eigenvalue weighted by atomic mass is 16.6. The van der Waals surface area contributed by atoms with E-state index in [0.717, 1.165) is 10.9 Å². The first kappa shape index (κ1) is 11.8. The van der Waals surface area contributed by atoms with Gasteiger partial charge in [0.25, 0.3) is 0 Å².